The summed E-state index contributed by atoms with van der Waals surface area (Å²) in [6.07, 6.45) is 0.865. The van der Waals surface area contributed by atoms with Crippen molar-refractivity contribution < 1.29 is 9.53 Å². The smallest absolute Gasteiger partial charge is 0.269 e. The Balaban J connectivity index is 1.63. The summed E-state index contributed by atoms with van der Waals surface area (Å²) in [4.78, 5) is 13.0. The molecule has 1 fully saturated rings. The first-order chi connectivity index (χ1) is 11.0. The molecule has 2 aromatic rings. The van der Waals surface area contributed by atoms with Crippen LogP contribution in [-0.4, -0.2) is 35.3 Å². The fourth-order valence-corrected chi connectivity index (χ4v) is 2.69. The minimum Gasteiger partial charge on any atom is -0.488 e. The summed E-state index contributed by atoms with van der Waals surface area (Å²) < 4.78 is 5.92. The molecule has 3 rings (SSSR count). The zero-order chi connectivity index (χ0) is 16.4. The molecule has 2 N–H and O–H groups in total. The lowest BCUT2D eigenvalue weighted by molar-refractivity contribution is 0.0994. The topological polar surface area (TPSA) is 81.3 Å². The number of anilines is 1. The molecular formula is C15H14Cl2N4O2. The summed E-state index contributed by atoms with van der Waals surface area (Å²) in [6.45, 7) is 1.46. The Kier molecular flexibility index (Phi) is 4.54. The van der Waals surface area contributed by atoms with Gasteiger partial charge in [0, 0.05) is 19.0 Å². The maximum atomic E-state index is 11.0. The fourth-order valence-electron chi connectivity index (χ4n) is 2.40. The number of primary amides is 1. The van der Waals surface area contributed by atoms with Crippen molar-refractivity contribution in [1.29, 1.82) is 0 Å². The number of rotatable bonds is 4. The van der Waals surface area contributed by atoms with Gasteiger partial charge in [0.25, 0.3) is 5.91 Å². The molecule has 0 unspecified atom stereocenters. The van der Waals surface area contributed by atoms with Crippen LogP contribution in [0.1, 0.15) is 16.9 Å². The lowest BCUT2D eigenvalue weighted by Crippen LogP contribution is -2.26. The van der Waals surface area contributed by atoms with Gasteiger partial charge in [-0.15, -0.1) is 10.2 Å². The van der Waals surface area contributed by atoms with Crippen LogP contribution < -0.4 is 15.4 Å². The van der Waals surface area contributed by atoms with E-state index < -0.39 is 5.91 Å². The van der Waals surface area contributed by atoms with Crippen LogP contribution in [0.4, 0.5) is 5.82 Å². The molecule has 0 aliphatic carbocycles. The second kappa shape index (κ2) is 6.60. The summed E-state index contributed by atoms with van der Waals surface area (Å²) in [5.74, 6) is 0.781. The predicted octanol–water partition coefficient (Wildman–Crippen LogP) is 2.54. The van der Waals surface area contributed by atoms with Crippen molar-refractivity contribution >= 4 is 34.9 Å². The van der Waals surface area contributed by atoms with Gasteiger partial charge in [-0.3, -0.25) is 4.79 Å². The van der Waals surface area contributed by atoms with Gasteiger partial charge in [0.2, 0.25) is 0 Å². The molecule has 1 amide bonds. The summed E-state index contributed by atoms with van der Waals surface area (Å²) in [6, 6.07) is 8.50. The molecule has 1 aliphatic heterocycles. The minimum atomic E-state index is -0.591. The van der Waals surface area contributed by atoms with Crippen LogP contribution in [0.2, 0.25) is 10.0 Å². The summed E-state index contributed by atoms with van der Waals surface area (Å²) in [7, 11) is 0. The van der Waals surface area contributed by atoms with Crippen molar-refractivity contribution in [1.82, 2.24) is 10.2 Å². The molecule has 6 nitrogen and oxygen atoms in total. The molecule has 0 radical (unpaired) electrons. The van der Waals surface area contributed by atoms with Crippen molar-refractivity contribution in [3.8, 4) is 5.75 Å². The van der Waals surface area contributed by atoms with Crippen molar-refractivity contribution in [3.05, 3.63) is 46.1 Å². The van der Waals surface area contributed by atoms with E-state index in [1.165, 1.54) is 0 Å². The molecule has 23 heavy (non-hydrogen) atoms. The van der Waals surface area contributed by atoms with E-state index in [2.05, 4.69) is 10.2 Å². The standard InChI is InChI=1S/C15H14Cl2N4O2/c16-11-2-1-9(7-12(11)17)23-10-5-6-21(8-10)14-4-3-13(15(18)22)19-20-14/h1-4,7,10H,5-6,8H2,(H2,18,22)/t10-/m0/s1. The van der Waals surface area contributed by atoms with Crippen LogP contribution in [0.3, 0.4) is 0 Å². The Morgan fingerprint density at radius 3 is 2.70 bits per heavy atom. The van der Waals surface area contributed by atoms with Gasteiger partial charge in [0.1, 0.15) is 11.9 Å². The van der Waals surface area contributed by atoms with Crippen LogP contribution in [0.5, 0.6) is 5.75 Å². The first-order valence-electron chi connectivity index (χ1n) is 7.03. The average molecular weight is 353 g/mol. The molecule has 0 saturated carbocycles. The molecule has 1 atom stereocenters. The molecular weight excluding hydrogens is 339 g/mol. The Bertz CT molecular complexity index is 724. The lowest BCUT2D eigenvalue weighted by Gasteiger charge is -2.17. The highest BCUT2D eigenvalue weighted by Gasteiger charge is 2.25. The zero-order valence-electron chi connectivity index (χ0n) is 12.1. The Labute approximate surface area is 143 Å². The van der Waals surface area contributed by atoms with Crippen LogP contribution in [0.25, 0.3) is 0 Å². The number of carbonyl (C=O) groups excluding carboxylic acids is 1. The highest BCUT2D eigenvalue weighted by atomic mass is 35.5. The maximum Gasteiger partial charge on any atom is 0.269 e. The van der Waals surface area contributed by atoms with Crippen LogP contribution in [0, 0.1) is 0 Å². The van der Waals surface area contributed by atoms with E-state index in [1.54, 1.807) is 30.3 Å². The molecule has 8 heteroatoms. The van der Waals surface area contributed by atoms with E-state index in [9.17, 15) is 4.79 Å². The molecule has 2 heterocycles. The minimum absolute atomic E-state index is 0.0184. The molecule has 1 saturated heterocycles. The van der Waals surface area contributed by atoms with Gasteiger partial charge < -0.3 is 15.4 Å². The van der Waals surface area contributed by atoms with E-state index in [-0.39, 0.29) is 11.8 Å². The number of halogens is 2. The number of carbonyl (C=O) groups is 1. The predicted molar refractivity (Wildman–Crippen MR) is 88.3 cm³/mol. The Morgan fingerprint density at radius 2 is 2.04 bits per heavy atom. The number of ether oxygens (including phenoxy) is 1. The van der Waals surface area contributed by atoms with Gasteiger partial charge in [0.15, 0.2) is 11.5 Å². The third kappa shape index (κ3) is 3.65. The highest BCUT2D eigenvalue weighted by molar-refractivity contribution is 6.42. The molecule has 1 aromatic heterocycles. The van der Waals surface area contributed by atoms with Crippen LogP contribution >= 0.6 is 23.2 Å². The molecule has 120 valence electrons. The van der Waals surface area contributed by atoms with Crippen molar-refractivity contribution in [2.75, 3.05) is 18.0 Å². The highest BCUT2D eigenvalue weighted by Crippen LogP contribution is 2.28. The monoisotopic (exact) mass is 352 g/mol. The van der Waals surface area contributed by atoms with Crippen molar-refractivity contribution in [2.24, 2.45) is 5.73 Å². The fraction of sp³-hybridized carbons (Fsp3) is 0.267. The number of aromatic nitrogens is 2. The van der Waals surface area contributed by atoms with Gasteiger partial charge in [-0.25, -0.2) is 0 Å². The third-order valence-corrected chi connectivity index (χ3v) is 4.30. The zero-order valence-corrected chi connectivity index (χ0v) is 13.6. The number of nitrogens with zero attached hydrogens (tertiary/aromatic N) is 3. The number of amides is 1. The van der Waals surface area contributed by atoms with Gasteiger partial charge in [-0.05, 0) is 24.3 Å². The quantitative estimate of drug-likeness (QED) is 0.914. The van der Waals surface area contributed by atoms with Gasteiger partial charge in [-0.2, -0.15) is 0 Å². The second-order valence-corrected chi connectivity index (χ2v) is 6.01. The summed E-state index contributed by atoms with van der Waals surface area (Å²) in [5.41, 5.74) is 5.30. The van der Waals surface area contributed by atoms with Crippen molar-refractivity contribution in [2.45, 2.75) is 12.5 Å². The number of benzene rings is 1. The number of nitrogens with two attached hydrogens (primary N) is 1. The molecule has 0 spiro atoms. The van der Waals surface area contributed by atoms with Gasteiger partial charge in [-0.1, -0.05) is 23.2 Å². The number of hydrogen-bond donors (Lipinski definition) is 1. The summed E-state index contributed by atoms with van der Waals surface area (Å²) in [5, 5.41) is 8.81. The van der Waals surface area contributed by atoms with Crippen molar-refractivity contribution in [3.63, 3.8) is 0 Å². The van der Waals surface area contributed by atoms with Crippen LogP contribution in [0.15, 0.2) is 30.3 Å². The maximum absolute atomic E-state index is 11.0. The van der Waals surface area contributed by atoms with Gasteiger partial charge >= 0.3 is 0 Å². The average Bonchev–Trinajstić information content (AvgIpc) is 2.99. The van der Waals surface area contributed by atoms with E-state index >= 15 is 0 Å². The molecule has 0 bridgehead atoms. The second-order valence-electron chi connectivity index (χ2n) is 5.19. The van der Waals surface area contributed by atoms with E-state index in [4.69, 9.17) is 33.7 Å². The van der Waals surface area contributed by atoms with Gasteiger partial charge in [0.05, 0.1) is 16.6 Å². The Hall–Kier alpha value is -2.05. The summed E-state index contributed by atoms with van der Waals surface area (Å²) >= 11 is 11.9. The van der Waals surface area contributed by atoms with E-state index in [0.717, 1.165) is 13.0 Å². The number of hydrogen-bond acceptors (Lipinski definition) is 5. The normalized spacial score (nSPS) is 17.3. The largest absolute Gasteiger partial charge is 0.488 e. The van der Waals surface area contributed by atoms with Crippen LogP contribution in [-0.2, 0) is 0 Å². The third-order valence-electron chi connectivity index (χ3n) is 3.57. The molecule has 1 aliphatic rings. The van der Waals surface area contributed by atoms with E-state index in [1.807, 2.05) is 4.90 Å². The first-order valence-corrected chi connectivity index (χ1v) is 7.79. The lowest BCUT2D eigenvalue weighted by atomic mass is 10.3. The molecule has 1 aromatic carbocycles. The Morgan fingerprint density at radius 1 is 1.22 bits per heavy atom. The SMILES string of the molecule is NC(=O)c1ccc(N2CC[C@H](Oc3ccc(Cl)c(Cl)c3)C2)nn1. The first kappa shape index (κ1) is 15.8. The van der Waals surface area contributed by atoms with E-state index in [0.29, 0.717) is 28.2 Å².